The van der Waals surface area contributed by atoms with Gasteiger partial charge in [0, 0.05) is 30.0 Å². The lowest BCUT2D eigenvalue weighted by Crippen LogP contribution is -2.43. The first-order chi connectivity index (χ1) is 14.7. The van der Waals surface area contributed by atoms with Gasteiger partial charge in [0.1, 0.15) is 22.5 Å². The molecule has 31 heavy (non-hydrogen) atoms. The third kappa shape index (κ3) is 5.24. The van der Waals surface area contributed by atoms with Gasteiger partial charge in [0.25, 0.3) is 5.69 Å². The van der Waals surface area contributed by atoms with Crippen LogP contribution >= 0.6 is 24.0 Å². The number of ether oxygens (including phenoxy) is 1. The number of thiol groups is 1. The van der Waals surface area contributed by atoms with Gasteiger partial charge in [-0.15, -0.1) is 11.3 Å². The molecule has 2 atom stereocenters. The van der Waals surface area contributed by atoms with E-state index < -0.39 is 28.9 Å². The summed E-state index contributed by atoms with van der Waals surface area (Å²) in [6.45, 7) is 0.00365. The van der Waals surface area contributed by atoms with Crippen molar-refractivity contribution >= 4 is 52.6 Å². The largest absolute Gasteiger partial charge is 0.505 e. The molecule has 1 aromatic carbocycles. The second-order valence-corrected chi connectivity index (χ2v) is 8.44. The Balaban J connectivity index is 1.64. The Morgan fingerprint density at radius 3 is 2.58 bits per heavy atom. The van der Waals surface area contributed by atoms with E-state index in [1.165, 1.54) is 29.2 Å². The Morgan fingerprint density at radius 2 is 2.00 bits per heavy atom. The van der Waals surface area contributed by atoms with Crippen molar-refractivity contribution in [3.05, 3.63) is 50.9 Å². The molecule has 2 aromatic rings. The first kappa shape index (κ1) is 22.4. The minimum atomic E-state index is -1.24. The van der Waals surface area contributed by atoms with E-state index in [4.69, 9.17) is 9.84 Å². The monoisotopic (exact) mass is 467 g/mol. The number of rotatable bonds is 6. The number of nitrogens with one attached hydrogen (secondary N) is 1. The fraction of sp³-hybridized carbons (Fsp3) is 0.278. The second kappa shape index (κ2) is 9.22. The molecule has 0 bridgehead atoms. The average molecular weight is 467 g/mol. The van der Waals surface area contributed by atoms with Crippen molar-refractivity contribution in [2.75, 3.05) is 11.9 Å². The molecule has 1 aliphatic rings. The predicted molar refractivity (Wildman–Crippen MR) is 113 cm³/mol. The van der Waals surface area contributed by atoms with Crippen LogP contribution in [0.1, 0.15) is 21.7 Å². The van der Waals surface area contributed by atoms with E-state index in [1.807, 2.05) is 0 Å². The van der Waals surface area contributed by atoms with Crippen LogP contribution in [0, 0.1) is 10.1 Å². The zero-order valence-corrected chi connectivity index (χ0v) is 17.5. The van der Waals surface area contributed by atoms with Gasteiger partial charge in [-0.05, 0) is 24.1 Å². The fourth-order valence-electron chi connectivity index (χ4n) is 2.98. The lowest BCUT2D eigenvalue weighted by atomic mass is 10.2. The Kier molecular flexibility index (Phi) is 6.65. The number of benzene rings is 1. The molecule has 0 aliphatic carbocycles. The molecule has 1 aromatic heterocycles. The van der Waals surface area contributed by atoms with Gasteiger partial charge in [0.15, 0.2) is 5.75 Å². The first-order valence-corrected chi connectivity index (χ1v) is 10.2. The average Bonchev–Trinajstić information content (AvgIpc) is 3.29. The molecule has 1 fully saturated rings. The van der Waals surface area contributed by atoms with E-state index in [0.717, 1.165) is 6.07 Å². The molecule has 13 heteroatoms. The predicted octanol–water partition coefficient (Wildman–Crippen LogP) is 2.71. The summed E-state index contributed by atoms with van der Waals surface area (Å²) < 4.78 is 5.23. The van der Waals surface area contributed by atoms with Gasteiger partial charge in [-0.25, -0.2) is 9.59 Å². The summed E-state index contributed by atoms with van der Waals surface area (Å²) >= 11 is 5.02. The summed E-state index contributed by atoms with van der Waals surface area (Å²) in [5.41, 5.74) is 0.443. The maximum Gasteiger partial charge on any atom is 0.410 e. The molecule has 2 heterocycles. The van der Waals surface area contributed by atoms with Crippen LogP contribution in [0.4, 0.5) is 15.5 Å². The molecule has 0 unspecified atom stereocenters. The van der Waals surface area contributed by atoms with Crippen molar-refractivity contribution in [2.45, 2.75) is 24.3 Å². The van der Waals surface area contributed by atoms with Crippen LogP contribution in [0.25, 0.3) is 0 Å². The van der Waals surface area contributed by atoms with E-state index in [1.54, 1.807) is 0 Å². The lowest BCUT2D eigenvalue weighted by molar-refractivity contribution is -0.384. The van der Waals surface area contributed by atoms with Crippen molar-refractivity contribution in [1.29, 1.82) is 0 Å². The SMILES string of the molecule is O=C(O)c1cc(O)c(NC(=O)[C@@H]2C[C@H](S)CN2C(=O)OCc2ccc([N+](=O)[O-])cc2)s1. The number of nitro groups is 1. The maximum atomic E-state index is 12.7. The smallest absolute Gasteiger partial charge is 0.410 e. The second-order valence-electron chi connectivity index (χ2n) is 6.66. The molecule has 0 saturated carbocycles. The van der Waals surface area contributed by atoms with Gasteiger partial charge in [-0.2, -0.15) is 12.6 Å². The van der Waals surface area contributed by atoms with Gasteiger partial charge in [0.05, 0.1) is 4.92 Å². The Labute approximate surface area is 184 Å². The number of likely N-dealkylation sites (tertiary alicyclic amines) is 1. The van der Waals surface area contributed by atoms with Gasteiger partial charge in [0.2, 0.25) is 5.91 Å². The van der Waals surface area contributed by atoms with Crippen LogP contribution in [0.3, 0.4) is 0 Å². The van der Waals surface area contributed by atoms with Crippen LogP contribution in [0.5, 0.6) is 5.75 Å². The number of nitrogens with zero attached hydrogens (tertiary/aromatic N) is 2. The number of nitro benzene ring substituents is 1. The first-order valence-electron chi connectivity index (χ1n) is 8.87. The number of hydrogen-bond acceptors (Lipinski definition) is 9. The molecule has 1 aliphatic heterocycles. The fourth-order valence-corrected chi connectivity index (χ4v) is 4.15. The van der Waals surface area contributed by atoms with Crippen LogP contribution in [-0.2, 0) is 16.1 Å². The third-order valence-electron chi connectivity index (χ3n) is 4.49. The number of aromatic carboxylic acids is 1. The molecule has 0 spiro atoms. The Bertz CT molecular complexity index is 1020. The Morgan fingerprint density at radius 1 is 1.32 bits per heavy atom. The number of anilines is 1. The van der Waals surface area contributed by atoms with Crippen molar-refractivity contribution in [3.8, 4) is 5.75 Å². The van der Waals surface area contributed by atoms with Gasteiger partial charge >= 0.3 is 12.1 Å². The highest BCUT2D eigenvalue weighted by molar-refractivity contribution is 7.81. The number of carbonyl (C=O) groups excluding carboxylic acids is 2. The van der Waals surface area contributed by atoms with Crippen LogP contribution in [0.15, 0.2) is 30.3 Å². The summed E-state index contributed by atoms with van der Waals surface area (Å²) in [6.07, 6.45) is -0.531. The number of thiophene rings is 1. The van der Waals surface area contributed by atoms with E-state index in [0.29, 0.717) is 16.9 Å². The molecule has 11 nitrogen and oxygen atoms in total. The van der Waals surface area contributed by atoms with E-state index in [9.17, 15) is 29.6 Å². The van der Waals surface area contributed by atoms with Gasteiger partial charge in [-0.1, -0.05) is 0 Å². The van der Waals surface area contributed by atoms with Crippen molar-refractivity contribution < 1.29 is 34.3 Å². The number of hydrogen-bond donors (Lipinski definition) is 4. The van der Waals surface area contributed by atoms with Crippen molar-refractivity contribution in [2.24, 2.45) is 0 Å². The molecular weight excluding hydrogens is 450 g/mol. The number of non-ortho nitro benzene ring substituents is 1. The lowest BCUT2D eigenvalue weighted by Gasteiger charge is -2.23. The minimum absolute atomic E-state index is 0.0378. The summed E-state index contributed by atoms with van der Waals surface area (Å²) in [4.78, 5) is 47.4. The quantitative estimate of drug-likeness (QED) is 0.287. The molecule has 164 valence electrons. The number of carboxylic acid groups (broad SMARTS) is 1. The van der Waals surface area contributed by atoms with Crippen LogP contribution < -0.4 is 5.32 Å². The summed E-state index contributed by atoms with van der Waals surface area (Å²) in [7, 11) is 0. The molecular formula is C18H17N3O8S2. The summed E-state index contributed by atoms with van der Waals surface area (Å²) in [5.74, 6) is -2.24. The van der Waals surface area contributed by atoms with Gasteiger partial charge in [-0.3, -0.25) is 19.8 Å². The Hall–Kier alpha value is -3.32. The highest BCUT2D eigenvalue weighted by Crippen LogP contribution is 2.35. The highest BCUT2D eigenvalue weighted by atomic mass is 32.1. The van der Waals surface area contributed by atoms with Crippen molar-refractivity contribution in [3.63, 3.8) is 0 Å². The van der Waals surface area contributed by atoms with Gasteiger partial charge < -0.3 is 20.3 Å². The van der Waals surface area contributed by atoms with E-state index in [-0.39, 0.29) is 46.1 Å². The normalized spacial score (nSPS) is 17.9. The molecule has 2 amide bonds. The number of carbonyl (C=O) groups is 3. The van der Waals surface area contributed by atoms with E-state index >= 15 is 0 Å². The molecule has 0 radical (unpaired) electrons. The minimum Gasteiger partial charge on any atom is -0.505 e. The van der Waals surface area contributed by atoms with Crippen LogP contribution in [-0.4, -0.2) is 55.8 Å². The molecule has 1 saturated heterocycles. The molecule has 3 rings (SSSR count). The van der Waals surface area contributed by atoms with Crippen LogP contribution in [0.2, 0.25) is 0 Å². The maximum absolute atomic E-state index is 12.7. The molecule has 3 N–H and O–H groups in total. The third-order valence-corrected chi connectivity index (χ3v) is 5.89. The highest BCUT2D eigenvalue weighted by Gasteiger charge is 2.39. The number of amides is 2. The number of carboxylic acids is 1. The standard InChI is InChI=1S/C18H17N3O8S2/c22-13-6-14(17(24)25)31-16(13)19-15(23)12-5-11(30)7-20(12)18(26)29-8-9-1-3-10(4-2-9)21(27)28/h1-4,6,11-12,22,30H,5,7-8H2,(H,19,23)(H,24,25)/t11-,12-/m0/s1. The van der Waals surface area contributed by atoms with Crippen molar-refractivity contribution in [1.82, 2.24) is 4.90 Å². The zero-order valence-electron chi connectivity index (χ0n) is 15.8. The number of aromatic hydroxyl groups is 1. The summed E-state index contributed by atoms with van der Waals surface area (Å²) in [6, 6.07) is 5.59. The zero-order chi connectivity index (χ0) is 22.7. The topological polar surface area (TPSA) is 159 Å². The van der Waals surface area contributed by atoms with E-state index in [2.05, 4.69) is 17.9 Å². The summed E-state index contributed by atoms with van der Waals surface area (Å²) in [5, 5.41) is 31.6.